The van der Waals surface area contributed by atoms with Crippen LogP contribution in [0.1, 0.15) is 22.0 Å². The van der Waals surface area contributed by atoms with Gasteiger partial charge in [-0.05, 0) is 48.7 Å². The number of ether oxygens (including phenoxy) is 1. The number of hydrogen-bond acceptors (Lipinski definition) is 3. The lowest BCUT2D eigenvalue weighted by atomic mass is 10.0. The lowest BCUT2D eigenvalue weighted by Gasteiger charge is -2.17. The van der Waals surface area contributed by atoms with Crippen LogP contribution in [-0.2, 0) is 0 Å². The highest BCUT2D eigenvalue weighted by atomic mass is 35.5. The summed E-state index contributed by atoms with van der Waals surface area (Å²) in [5.41, 5.74) is 2.46. The van der Waals surface area contributed by atoms with Gasteiger partial charge in [-0.2, -0.15) is 0 Å². The van der Waals surface area contributed by atoms with E-state index in [-0.39, 0.29) is 6.04 Å². The molecule has 1 N–H and O–H groups in total. The number of benzene rings is 1. The summed E-state index contributed by atoms with van der Waals surface area (Å²) in [6.07, 6.45) is 0. The highest BCUT2D eigenvalue weighted by Gasteiger charge is 2.16. The normalized spacial score (nSPS) is 12.4. The van der Waals surface area contributed by atoms with E-state index in [2.05, 4.69) is 23.7 Å². The van der Waals surface area contributed by atoms with E-state index in [1.165, 1.54) is 10.4 Å². The van der Waals surface area contributed by atoms with Crippen LogP contribution in [-0.4, -0.2) is 14.2 Å². The highest BCUT2D eigenvalue weighted by molar-refractivity contribution is 7.10. The minimum atomic E-state index is 0.177. The van der Waals surface area contributed by atoms with Crippen LogP contribution in [0.3, 0.4) is 0 Å². The average molecular weight is 282 g/mol. The van der Waals surface area contributed by atoms with Crippen LogP contribution >= 0.6 is 22.9 Å². The van der Waals surface area contributed by atoms with E-state index in [0.29, 0.717) is 10.8 Å². The van der Waals surface area contributed by atoms with Crippen LogP contribution in [0.5, 0.6) is 5.75 Å². The first-order chi connectivity index (χ1) is 8.67. The zero-order valence-corrected chi connectivity index (χ0v) is 12.2. The van der Waals surface area contributed by atoms with Crippen LogP contribution in [0.25, 0.3) is 0 Å². The van der Waals surface area contributed by atoms with Gasteiger partial charge in [-0.25, -0.2) is 0 Å². The maximum Gasteiger partial charge on any atom is 0.137 e. The van der Waals surface area contributed by atoms with Crippen LogP contribution in [0.4, 0.5) is 0 Å². The van der Waals surface area contributed by atoms with Gasteiger partial charge in [0.15, 0.2) is 0 Å². The predicted molar refractivity (Wildman–Crippen MR) is 78.0 cm³/mol. The summed E-state index contributed by atoms with van der Waals surface area (Å²) in [5, 5.41) is 6.10. The Labute approximate surface area is 117 Å². The van der Waals surface area contributed by atoms with Crippen LogP contribution in [0.2, 0.25) is 5.02 Å². The summed E-state index contributed by atoms with van der Waals surface area (Å²) >= 11 is 7.82. The summed E-state index contributed by atoms with van der Waals surface area (Å²) in [7, 11) is 3.60. The van der Waals surface area contributed by atoms with Crippen molar-refractivity contribution in [2.24, 2.45) is 0 Å². The Hall–Kier alpha value is -1.03. The number of hydrogen-bond donors (Lipinski definition) is 1. The quantitative estimate of drug-likeness (QED) is 0.914. The Morgan fingerprint density at radius 2 is 2.11 bits per heavy atom. The van der Waals surface area contributed by atoms with Gasteiger partial charge in [0.1, 0.15) is 5.75 Å². The fourth-order valence-corrected chi connectivity index (χ4v) is 3.24. The molecule has 1 heterocycles. The molecule has 0 aliphatic carbocycles. The molecule has 1 atom stereocenters. The Kier molecular flexibility index (Phi) is 4.27. The van der Waals surface area contributed by atoms with Crippen LogP contribution in [0.15, 0.2) is 29.6 Å². The standard InChI is InChI=1S/C14H16ClNOS/c1-9-6-7-18-14(9)13(16-2)10-4-5-11(15)12(8-10)17-3/h4-8,13,16H,1-3H3. The molecule has 0 amide bonds. The fraction of sp³-hybridized carbons (Fsp3) is 0.286. The molecule has 4 heteroatoms. The second-order valence-corrected chi connectivity index (χ2v) is 5.44. The van der Waals surface area contributed by atoms with Crippen molar-refractivity contribution in [3.05, 3.63) is 50.7 Å². The molecule has 18 heavy (non-hydrogen) atoms. The molecule has 0 aliphatic heterocycles. The molecule has 0 aliphatic rings. The molecule has 0 fully saturated rings. The third-order valence-corrected chi connectivity index (χ3v) is 4.36. The molecule has 2 nitrogen and oxygen atoms in total. The topological polar surface area (TPSA) is 21.3 Å². The molecule has 0 saturated heterocycles. The van der Waals surface area contributed by atoms with Gasteiger partial charge < -0.3 is 10.1 Å². The second-order valence-electron chi connectivity index (χ2n) is 4.08. The van der Waals surface area contributed by atoms with Crippen molar-refractivity contribution in [2.45, 2.75) is 13.0 Å². The van der Waals surface area contributed by atoms with Gasteiger partial charge in [0.25, 0.3) is 0 Å². The lowest BCUT2D eigenvalue weighted by Crippen LogP contribution is -2.17. The van der Waals surface area contributed by atoms with Gasteiger partial charge in [-0.15, -0.1) is 11.3 Å². The van der Waals surface area contributed by atoms with Crippen molar-refractivity contribution in [3.8, 4) is 5.75 Å². The Morgan fingerprint density at radius 1 is 1.33 bits per heavy atom. The predicted octanol–water partition coefficient (Wildman–Crippen LogP) is 4.03. The van der Waals surface area contributed by atoms with Crippen molar-refractivity contribution in [2.75, 3.05) is 14.2 Å². The molecule has 2 rings (SSSR count). The molecule has 0 saturated carbocycles. The molecule has 0 radical (unpaired) electrons. The van der Waals surface area contributed by atoms with E-state index in [1.807, 2.05) is 25.2 Å². The SMILES string of the molecule is CNC(c1ccc(Cl)c(OC)c1)c1sccc1C. The monoisotopic (exact) mass is 281 g/mol. The Bertz CT molecular complexity index is 538. The van der Waals surface area contributed by atoms with Gasteiger partial charge in [0.2, 0.25) is 0 Å². The second kappa shape index (κ2) is 5.74. The van der Waals surface area contributed by atoms with Crippen LogP contribution in [0, 0.1) is 6.92 Å². The number of rotatable bonds is 4. The van der Waals surface area contributed by atoms with Crippen molar-refractivity contribution < 1.29 is 4.74 Å². The maximum atomic E-state index is 6.06. The summed E-state index contributed by atoms with van der Waals surface area (Å²) in [4.78, 5) is 1.32. The molecule has 96 valence electrons. The smallest absolute Gasteiger partial charge is 0.137 e. The van der Waals surface area contributed by atoms with Gasteiger partial charge in [0.05, 0.1) is 18.2 Å². The number of aryl methyl sites for hydroxylation is 1. The summed E-state index contributed by atoms with van der Waals surface area (Å²) in [5.74, 6) is 0.712. The minimum absolute atomic E-state index is 0.177. The highest BCUT2D eigenvalue weighted by Crippen LogP contribution is 2.33. The van der Waals surface area contributed by atoms with E-state index in [4.69, 9.17) is 16.3 Å². The lowest BCUT2D eigenvalue weighted by molar-refractivity contribution is 0.414. The van der Waals surface area contributed by atoms with E-state index >= 15 is 0 Å². The van der Waals surface area contributed by atoms with Crippen LogP contribution < -0.4 is 10.1 Å². The van der Waals surface area contributed by atoms with E-state index in [1.54, 1.807) is 18.4 Å². The molecule has 0 spiro atoms. The Morgan fingerprint density at radius 3 is 2.67 bits per heavy atom. The maximum absolute atomic E-state index is 6.06. The van der Waals surface area contributed by atoms with Crippen molar-refractivity contribution in [1.29, 1.82) is 0 Å². The fourth-order valence-electron chi connectivity index (χ4n) is 1.99. The summed E-state index contributed by atoms with van der Waals surface area (Å²) in [6, 6.07) is 8.21. The number of methoxy groups -OCH3 is 1. The first kappa shape index (κ1) is 13.4. The van der Waals surface area contributed by atoms with Gasteiger partial charge >= 0.3 is 0 Å². The molecular formula is C14H16ClNOS. The molecule has 2 aromatic rings. The van der Waals surface area contributed by atoms with Crippen molar-refractivity contribution >= 4 is 22.9 Å². The first-order valence-corrected chi connectivity index (χ1v) is 6.97. The van der Waals surface area contributed by atoms with E-state index in [9.17, 15) is 0 Å². The average Bonchev–Trinajstić information content (AvgIpc) is 2.79. The molecule has 1 aromatic carbocycles. The molecular weight excluding hydrogens is 266 g/mol. The van der Waals surface area contributed by atoms with Crippen molar-refractivity contribution in [1.82, 2.24) is 5.32 Å². The molecule has 1 unspecified atom stereocenters. The first-order valence-electron chi connectivity index (χ1n) is 5.72. The Balaban J connectivity index is 2.42. The van der Waals surface area contributed by atoms with E-state index < -0.39 is 0 Å². The van der Waals surface area contributed by atoms with Gasteiger partial charge in [-0.1, -0.05) is 17.7 Å². The molecule has 0 bridgehead atoms. The summed E-state index contributed by atoms with van der Waals surface area (Å²) < 4.78 is 5.27. The minimum Gasteiger partial charge on any atom is -0.495 e. The zero-order valence-electron chi connectivity index (χ0n) is 10.7. The number of halogens is 1. The third kappa shape index (κ3) is 2.53. The number of nitrogens with one attached hydrogen (secondary N) is 1. The van der Waals surface area contributed by atoms with Crippen molar-refractivity contribution in [3.63, 3.8) is 0 Å². The third-order valence-electron chi connectivity index (χ3n) is 2.96. The largest absolute Gasteiger partial charge is 0.495 e. The molecule has 1 aromatic heterocycles. The van der Waals surface area contributed by atoms with Gasteiger partial charge in [-0.3, -0.25) is 0 Å². The van der Waals surface area contributed by atoms with Gasteiger partial charge in [0, 0.05) is 4.88 Å². The summed E-state index contributed by atoms with van der Waals surface area (Å²) in [6.45, 7) is 2.13. The zero-order chi connectivity index (χ0) is 13.1. The number of thiophene rings is 1. The van der Waals surface area contributed by atoms with E-state index in [0.717, 1.165) is 5.56 Å².